The minimum atomic E-state index is -1.02. The molecule has 1 unspecified atom stereocenters. The van der Waals surface area contributed by atoms with Crippen molar-refractivity contribution in [3.05, 3.63) is 35.9 Å². The zero-order valence-electron chi connectivity index (χ0n) is 21.0. The van der Waals surface area contributed by atoms with E-state index < -0.39 is 48.5 Å². The van der Waals surface area contributed by atoms with Crippen LogP contribution in [-0.2, 0) is 25.6 Å². The predicted octanol–water partition coefficient (Wildman–Crippen LogP) is 1.79. The van der Waals surface area contributed by atoms with Crippen molar-refractivity contribution in [1.29, 1.82) is 0 Å². The second-order valence-electron chi connectivity index (χ2n) is 9.33. The molecule has 1 aromatic carbocycles. The van der Waals surface area contributed by atoms with Gasteiger partial charge in [0.2, 0.25) is 17.7 Å². The number of rotatable bonds is 14. The molecule has 1 fully saturated rings. The van der Waals surface area contributed by atoms with Crippen molar-refractivity contribution in [2.75, 3.05) is 19.8 Å². The first-order valence-electron chi connectivity index (χ1n) is 12.7. The van der Waals surface area contributed by atoms with Crippen LogP contribution in [0.25, 0.3) is 0 Å². The van der Waals surface area contributed by atoms with Gasteiger partial charge in [-0.2, -0.15) is 0 Å². The van der Waals surface area contributed by atoms with Gasteiger partial charge >= 0.3 is 5.97 Å². The topological polar surface area (TPSA) is 142 Å². The normalized spacial score (nSPS) is 16.6. The van der Waals surface area contributed by atoms with Crippen molar-refractivity contribution in [2.45, 2.75) is 76.4 Å². The molecular formula is C26H39FN4O5. The summed E-state index contributed by atoms with van der Waals surface area (Å²) in [7, 11) is 0. The average Bonchev–Trinajstić information content (AvgIpc) is 2.88. The summed E-state index contributed by atoms with van der Waals surface area (Å²) in [6, 6.07) is 6.53. The summed E-state index contributed by atoms with van der Waals surface area (Å²) in [5.41, 5.74) is 6.93. The molecule has 10 heteroatoms. The van der Waals surface area contributed by atoms with Crippen LogP contribution in [0.3, 0.4) is 0 Å². The Bertz CT molecular complexity index is 861. The Morgan fingerprint density at radius 2 is 1.64 bits per heavy atom. The van der Waals surface area contributed by atoms with Crippen molar-refractivity contribution in [3.8, 4) is 0 Å². The van der Waals surface area contributed by atoms with Gasteiger partial charge in [0.1, 0.15) is 12.1 Å². The van der Waals surface area contributed by atoms with Crippen LogP contribution in [0.5, 0.6) is 0 Å². The number of benzene rings is 1. The molecule has 1 aliphatic heterocycles. The van der Waals surface area contributed by atoms with E-state index in [-0.39, 0.29) is 25.2 Å². The van der Waals surface area contributed by atoms with Crippen molar-refractivity contribution < 1.29 is 28.7 Å². The van der Waals surface area contributed by atoms with E-state index in [1.807, 2.05) is 37.3 Å². The van der Waals surface area contributed by atoms with Gasteiger partial charge < -0.3 is 26.4 Å². The highest BCUT2D eigenvalue weighted by Crippen LogP contribution is 2.19. The number of nitrogens with one attached hydrogen (secondary N) is 2. The number of carbonyl (C=O) groups excluding carboxylic acids is 3. The number of piperidine rings is 1. The molecule has 1 aromatic rings. The SMILES string of the molecule is CCCCC(NC(=O)[C@@H](CCCF)NC(=O)[C@H](N)Cc1ccccc1)C(=O)N1CCC(C(=O)O)CC1. The van der Waals surface area contributed by atoms with E-state index in [0.717, 1.165) is 12.0 Å². The van der Waals surface area contributed by atoms with E-state index in [4.69, 9.17) is 5.73 Å². The monoisotopic (exact) mass is 506 g/mol. The number of nitrogens with two attached hydrogens (primary N) is 1. The number of carboxylic acids is 1. The molecule has 1 aliphatic rings. The van der Waals surface area contributed by atoms with Crippen LogP contribution in [0.15, 0.2) is 30.3 Å². The first-order valence-corrected chi connectivity index (χ1v) is 12.7. The number of likely N-dealkylation sites (tertiary alicyclic amines) is 1. The van der Waals surface area contributed by atoms with Gasteiger partial charge in [0.15, 0.2) is 0 Å². The van der Waals surface area contributed by atoms with Gasteiger partial charge in [0, 0.05) is 13.1 Å². The van der Waals surface area contributed by atoms with Crippen molar-refractivity contribution in [2.24, 2.45) is 11.7 Å². The Kier molecular flexibility index (Phi) is 12.3. The first-order chi connectivity index (χ1) is 17.3. The summed E-state index contributed by atoms with van der Waals surface area (Å²) in [4.78, 5) is 51.8. The van der Waals surface area contributed by atoms with E-state index >= 15 is 0 Å². The molecule has 1 saturated heterocycles. The lowest BCUT2D eigenvalue weighted by Gasteiger charge is -2.33. The molecule has 0 saturated carbocycles. The highest BCUT2D eigenvalue weighted by molar-refractivity contribution is 5.93. The zero-order chi connectivity index (χ0) is 26.5. The van der Waals surface area contributed by atoms with E-state index in [2.05, 4.69) is 10.6 Å². The van der Waals surface area contributed by atoms with Crippen LogP contribution in [0.4, 0.5) is 4.39 Å². The molecule has 5 N–H and O–H groups in total. The van der Waals surface area contributed by atoms with Crippen molar-refractivity contribution in [1.82, 2.24) is 15.5 Å². The maximum Gasteiger partial charge on any atom is 0.306 e. The number of amides is 3. The third-order valence-electron chi connectivity index (χ3n) is 6.51. The standard InChI is InChI=1S/C26H39FN4O5/c1-2-3-10-22(25(34)31-15-12-19(13-16-31)26(35)36)30-24(33)21(11-7-14-27)29-23(32)20(28)17-18-8-5-4-6-9-18/h4-6,8-9,19-22H,2-3,7,10-17,28H2,1H3,(H,29,32)(H,30,33)(H,35,36)/t20-,21-,22?/m1/s1. The molecule has 36 heavy (non-hydrogen) atoms. The van der Waals surface area contributed by atoms with Gasteiger partial charge in [0.25, 0.3) is 0 Å². The fourth-order valence-corrected chi connectivity index (χ4v) is 4.29. The van der Waals surface area contributed by atoms with Crippen LogP contribution in [0.1, 0.15) is 57.4 Å². The number of carbonyl (C=O) groups is 4. The lowest BCUT2D eigenvalue weighted by Crippen LogP contribution is -2.57. The predicted molar refractivity (Wildman–Crippen MR) is 134 cm³/mol. The fourth-order valence-electron chi connectivity index (χ4n) is 4.29. The molecule has 0 aliphatic carbocycles. The zero-order valence-corrected chi connectivity index (χ0v) is 21.0. The molecule has 3 atom stereocenters. The number of aliphatic carboxylic acids is 1. The number of halogens is 1. The summed E-state index contributed by atoms with van der Waals surface area (Å²) < 4.78 is 12.9. The number of hydrogen-bond acceptors (Lipinski definition) is 5. The Morgan fingerprint density at radius 3 is 2.22 bits per heavy atom. The van der Waals surface area contributed by atoms with Crippen LogP contribution >= 0.6 is 0 Å². The third-order valence-corrected chi connectivity index (χ3v) is 6.51. The Labute approximate surface area is 212 Å². The Balaban J connectivity index is 2.03. The molecular weight excluding hydrogens is 467 g/mol. The molecule has 0 radical (unpaired) electrons. The lowest BCUT2D eigenvalue weighted by molar-refractivity contribution is -0.146. The maximum atomic E-state index is 13.2. The smallest absolute Gasteiger partial charge is 0.306 e. The molecule has 0 bridgehead atoms. The van der Waals surface area contributed by atoms with Gasteiger partial charge in [-0.05, 0) is 44.1 Å². The number of unbranched alkanes of at least 4 members (excludes halogenated alkanes) is 1. The van der Waals surface area contributed by atoms with Gasteiger partial charge in [-0.3, -0.25) is 23.6 Å². The van der Waals surface area contributed by atoms with Crippen molar-refractivity contribution in [3.63, 3.8) is 0 Å². The molecule has 0 spiro atoms. The highest BCUT2D eigenvalue weighted by Gasteiger charge is 2.33. The molecule has 9 nitrogen and oxygen atoms in total. The Hall–Kier alpha value is -3.01. The van der Waals surface area contributed by atoms with E-state index in [1.165, 1.54) is 0 Å². The maximum absolute atomic E-state index is 13.2. The summed E-state index contributed by atoms with van der Waals surface area (Å²) in [5, 5.41) is 14.6. The second kappa shape index (κ2) is 15.2. The fraction of sp³-hybridized carbons (Fsp3) is 0.615. The number of carboxylic acid groups (broad SMARTS) is 1. The van der Waals surface area contributed by atoms with Gasteiger partial charge in [-0.25, -0.2) is 0 Å². The minimum absolute atomic E-state index is 0.0720. The van der Waals surface area contributed by atoms with Crippen LogP contribution in [0.2, 0.25) is 0 Å². The van der Waals surface area contributed by atoms with E-state index in [1.54, 1.807) is 4.90 Å². The third kappa shape index (κ3) is 9.22. The van der Waals surface area contributed by atoms with Crippen LogP contribution < -0.4 is 16.4 Å². The van der Waals surface area contributed by atoms with Crippen LogP contribution in [-0.4, -0.2) is 71.6 Å². The summed E-state index contributed by atoms with van der Waals surface area (Å²) in [6.45, 7) is 1.95. The second-order valence-corrected chi connectivity index (χ2v) is 9.33. The molecule has 0 aromatic heterocycles. The average molecular weight is 507 g/mol. The van der Waals surface area contributed by atoms with E-state index in [9.17, 15) is 28.7 Å². The number of alkyl halides is 1. The molecule has 1 heterocycles. The van der Waals surface area contributed by atoms with Crippen molar-refractivity contribution >= 4 is 23.7 Å². The Morgan fingerprint density at radius 1 is 1.03 bits per heavy atom. The summed E-state index contributed by atoms with van der Waals surface area (Å²) >= 11 is 0. The molecule has 2 rings (SSSR count). The quantitative estimate of drug-likeness (QED) is 0.303. The summed E-state index contributed by atoms with van der Waals surface area (Å²) in [6.07, 6.45) is 3.09. The highest BCUT2D eigenvalue weighted by atomic mass is 19.1. The van der Waals surface area contributed by atoms with Gasteiger partial charge in [0.05, 0.1) is 18.6 Å². The van der Waals surface area contributed by atoms with Crippen LogP contribution in [0, 0.1) is 5.92 Å². The first kappa shape index (κ1) is 29.2. The van der Waals surface area contributed by atoms with E-state index in [0.29, 0.717) is 38.8 Å². The summed E-state index contributed by atoms with van der Waals surface area (Å²) in [5.74, 6) is -2.69. The van der Waals surface area contributed by atoms with Gasteiger partial charge in [-0.15, -0.1) is 0 Å². The molecule has 3 amide bonds. The largest absolute Gasteiger partial charge is 0.481 e. The van der Waals surface area contributed by atoms with Gasteiger partial charge in [-0.1, -0.05) is 50.1 Å². The molecule has 200 valence electrons. The number of hydrogen-bond donors (Lipinski definition) is 4. The number of nitrogens with zero attached hydrogens (tertiary/aromatic N) is 1. The minimum Gasteiger partial charge on any atom is -0.481 e. The lowest BCUT2D eigenvalue weighted by atomic mass is 9.96.